The van der Waals surface area contributed by atoms with Crippen molar-refractivity contribution in [1.82, 2.24) is 14.5 Å². The molecule has 2 heterocycles. The minimum atomic E-state index is -0.544. The quantitative estimate of drug-likeness (QED) is 0.735. The first kappa shape index (κ1) is 23.4. The highest BCUT2D eigenvalue weighted by molar-refractivity contribution is 5.96. The third-order valence-corrected chi connectivity index (χ3v) is 7.60. The summed E-state index contributed by atoms with van der Waals surface area (Å²) in [5, 5.41) is 12.9. The summed E-state index contributed by atoms with van der Waals surface area (Å²) < 4.78 is 1.74. The zero-order chi connectivity index (χ0) is 24.9. The van der Waals surface area contributed by atoms with Gasteiger partial charge in [-0.05, 0) is 56.0 Å². The summed E-state index contributed by atoms with van der Waals surface area (Å²) in [4.78, 5) is 29.6. The van der Waals surface area contributed by atoms with E-state index < -0.39 is 11.2 Å². The molecule has 3 atom stereocenters. The summed E-state index contributed by atoms with van der Waals surface area (Å²) in [6, 6.07) is 9.74. The van der Waals surface area contributed by atoms with E-state index in [1.807, 2.05) is 14.1 Å². The largest absolute Gasteiger partial charge is 0.502 e. The van der Waals surface area contributed by atoms with E-state index in [4.69, 9.17) is 0 Å². The van der Waals surface area contributed by atoms with Gasteiger partial charge < -0.3 is 14.9 Å². The molecule has 35 heavy (non-hydrogen) atoms. The number of allylic oxidation sites excluding steroid dienone is 2. The van der Waals surface area contributed by atoms with Crippen molar-refractivity contribution in [2.75, 3.05) is 32.7 Å². The molecule has 0 radical (unpaired) electrons. The number of nitrogens with zero attached hydrogens (tertiary/aromatic N) is 4. The maximum atomic E-state index is 13.5. The molecule has 3 aliphatic rings. The topological polar surface area (TPSA) is 69.0 Å². The average Bonchev–Trinajstić information content (AvgIpc) is 2.99. The van der Waals surface area contributed by atoms with Crippen molar-refractivity contribution in [3.8, 4) is 5.75 Å². The number of hydrogen-bond donors (Lipinski definition) is 1. The van der Waals surface area contributed by atoms with Crippen LogP contribution < -0.4 is 10.4 Å². The number of fused-ring (bicyclic) bond motifs is 2. The van der Waals surface area contributed by atoms with Gasteiger partial charge in [-0.2, -0.15) is 0 Å². The van der Waals surface area contributed by atoms with E-state index in [0.29, 0.717) is 12.3 Å². The average molecular weight is 475 g/mol. The fraction of sp³-hybridized carbons (Fsp3) is 0.429. The zero-order valence-corrected chi connectivity index (χ0v) is 20.9. The van der Waals surface area contributed by atoms with Gasteiger partial charge in [-0.3, -0.25) is 19.3 Å². The van der Waals surface area contributed by atoms with E-state index in [2.05, 4.69) is 53.3 Å². The smallest absolute Gasteiger partial charge is 0.277 e. The monoisotopic (exact) mass is 474 g/mol. The summed E-state index contributed by atoms with van der Waals surface area (Å²) >= 11 is 0. The van der Waals surface area contributed by atoms with Crippen LogP contribution in [0.2, 0.25) is 0 Å². The predicted molar refractivity (Wildman–Crippen MR) is 137 cm³/mol. The van der Waals surface area contributed by atoms with Gasteiger partial charge in [0.25, 0.3) is 5.91 Å². The fourth-order valence-electron chi connectivity index (χ4n) is 5.79. The van der Waals surface area contributed by atoms with Gasteiger partial charge in [0.15, 0.2) is 11.4 Å². The number of aromatic nitrogens is 1. The number of carbonyl (C=O) groups excluding carboxylic acids is 1. The Hall–Kier alpha value is -3.32. The molecule has 2 aromatic rings. The van der Waals surface area contributed by atoms with E-state index in [0.717, 1.165) is 25.8 Å². The first-order valence-electron chi connectivity index (χ1n) is 12.4. The lowest BCUT2D eigenvalue weighted by Crippen LogP contribution is -2.61. The molecule has 0 saturated carbocycles. The number of hydrogen-bond acceptors (Lipinski definition) is 5. The normalized spacial score (nSPS) is 23.8. The van der Waals surface area contributed by atoms with Crippen LogP contribution in [0.5, 0.6) is 5.75 Å². The van der Waals surface area contributed by atoms with Crippen LogP contribution in [-0.4, -0.2) is 59.3 Å². The van der Waals surface area contributed by atoms with Gasteiger partial charge in [-0.1, -0.05) is 48.9 Å². The molecule has 5 rings (SSSR count). The van der Waals surface area contributed by atoms with Crippen LogP contribution in [0, 0.1) is 5.92 Å². The molecule has 7 heteroatoms. The number of pyridine rings is 1. The predicted octanol–water partition coefficient (Wildman–Crippen LogP) is 3.44. The summed E-state index contributed by atoms with van der Waals surface area (Å²) in [7, 11) is 5.82. The summed E-state index contributed by atoms with van der Waals surface area (Å²) in [6.07, 6.45) is 9.62. The zero-order valence-electron chi connectivity index (χ0n) is 20.9. The van der Waals surface area contributed by atoms with Crippen molar-refractivity contribution in [2.24, 2.45) is 5.92 Å². The molecule has 184 valence electrons. The van der Waals surface area contributed by atoms with E-state index in [1.165, 1.54) is 28.3 Å². The highest BCUT2D eigenvalue weighted by Gasteiger charge is 2.43. The summed E-state index contributed by atoms with van der Waals surface area (Å²) in [5.74, 6) is -0.355. The second-order valence-corrected chi connectivity index (χ2v) is 10.3. The highest BCUT2D eigenvalue weighted by Crippen LogP contribution is 2.44. The fourth-order valence-corrected chi connectivity index (χ4v) is 5.79. The minimum Gasteiger partial charge on any atom is -0.502 e. The molecule has 1 amide bonds. The maximum absolute atomic E-state index is 13.5. The molecule has 1 aromatic carbocycles. The van der Waals surface area contributed by atoms with Gasteiger partial charge in [0.1, 0.15) is 6.17 Å². The lowest BCUT2D eigenvalue weighted by Gasteiger charge is -2.50. The Bertz CT molecular complexity index is 1280. The molecule has 1 N–H and O–H groups in total. The lowest BCUT2D eigenvalue weighted by molar-refractivity contribution is 0.0595. The van der Waals surface area contributed by atoms with Gasteiger partial charge in [-0.15, -0.1) is 0 Å². The van der Waals surface area contributed by atoms with E-state index in [1.54, 1.807) is 22.8 Å². The molecule has 7 nitrogen and oxygen atoms in total. The van der Waals surface area contributed by atoms with Gasteiger partial charge in [0.05, 0.1) is 6.04 Å². The van der Waals surface area contributed by atoms with E-state index >= 15 is 0 Å². The Morgan fingerprint density at radius 1 is 1.11 bits per heavy atom. The maximum Gasteiger partial charge on any atom is 0.277 e. The first-order valence-corrected chi connectivity index (χ1v) is 12.4. The van der Waals surface area contributed by atoms with Crippen LogP contribution >= 0.6 is 0 Å². The number of aromatic hydroxyl groups is 1. The molecule has 0 saturated heterocycles. The third-order valence-electron chi connectivity index (χ3n) is 7.60. The van der Waals surface area contributed by atoms with Crippen LogP contribution in [0.15, 0.2) is 64.6 Å². The summed E-state index contributed by atoms with van der Waals surface area (Å²) in [5.41, 5.74) is 4.69. The van der Waals surface area contributed by atoms with Crippen LogP contribution in [-0.2, 0) is 6.42 Å². The standard InChI is InChI=1S/C28H34N4O3/c1-18-9-12-22-20(17-18)11-10-19-7-5-6-8-21(19)25(22)32-24(14-15-29(2)3)30(4)28(35)26-27(34)23(33)13-16-31(26)32/h5-9,12-13,16,18,24-25,34H,10-11,14-15,17H2,1-4H3. The Balaban J connectivity index is 1.78. The van der Waals surface area contributed by atoms with Gasteiger partial charge >= 0.3 is 0 Å². The van der Waals surface area contributed by atoms with Crippen molar-refractivity contribution in [1.29, 1.82) is 0 Å². The van der Waals surface area contributed by atoms with Gasteiger partial charge in [-0.25, -0.2) is 0 Å². The van der Waals surface area contributed by atoms with E-state index in [9.17, 15) is 14.7 Å². The molecular formula is C28H34N4O3. The van der Waals surface area contributed by atoms with Gasteiger partial charge in [0.2, 0.25) is 5.43 Å². The molecule has 1 aliphatic heterocycles. The van der Waals surface area contributed by atoms with Crippen molar-refractivity contribution in [3.63, 3.8) is 0 Å². The van der Waals surface area contributed by atoms with Crippen LogP contribution in [0.25, 0.3) is 0 Å². The minimum absolute atomic E-state index is 0.0261. The molecule has 1 aromatic heterocycles. The Kier molecular flexibility index (Phi) is 6.05. The first-order chi connectivity index (χ1) is 16.8. The molecule has 3 unspecified atom stereocenters. The Labute approximate surface area is 206 Å². The van der Waals surface area contributed by atoms with Crippen LogP contribution in [0.4, 0.5) is 0 Å². The molecule has 2 aliphatic carbocycles. The van der Waals surface area contributed by atoms with Crippen molar-refractivity contribution < 1.29 is 9.90 Å². The van der Waals surface area contributed by atoms with Gasteiger partial charge in [0, 0.05) is 32.3 Å². The van der Waals surface area contributed by atoms with Crippen LogP contribution in [0.3, 0.4) is 0 Å². The Morgan fingerprint density at radius 3 is 2.66 bits per heavy atom. The second kappa shape index (κ2) is 9.04. The molecule has 0 spiro atoms. The van der Waals surface area contributed by atoms with Crippen molar-refractivity contribution in [2.45, 2.75) is 44.8 Å². The molecule has 0 bridgehead atoms. The highest BCUT2D eigenvalue weighted by atomic mass is 16.3. The number of amides is 1. The number of rotatable bonds is 4. The second-order valence-electron chi connectivity index (χ2n) is 10.3. The molecule has 0 fully saturated rings. The third kappa shape index (κ3) is 3.97. The number of aryl methyl sites for hydroxylation is 1. The summed E-state index contributed by atoms with van der Waals surface area (Å²) in [6.45, 7) is 3.03. The number of carbonyl (C=O) groups is 1. The van der Waals surface area contributed by atoms with Crippen molar-refractivity contribution in [3.05, 3.63) is 86.9 Å². The number of benzene rings is 1. The SMILES string of the molecule is CC1C=CC2=C(CCc3ccccc3C2N2C(CCN(C)C)N(C)C(=O)c3c(O)c(=O)ccn32)C1. The van der Waals surface area contributed by atoms with E-state index in [-0.39, 0.29) is 23.8 Å². The molecular weight excluding hydrogens is 440 g/mol. The lowest BCUT2D eigenvalue weighted by atomic mass is 9.85. The van der Waals surface area contributed by atoms with Crippen molar-refractivity contribution >= 4 is 5.91 Å². The van der Waals surface area contributed by atoms with Crippen LogP contribution in [0.1, 0.15) is 53.8 Å². The Morgan fingerprint density at radius 2 is 1.89 bits per heavy atom.